The number of amides is 1. The molecule has 0 saturated heterocycles. The van der Waals surface area contributed by atoms with Crippen molar-refractivity contribution in [3.8, 4) is 5.69 Å². The highest BCUT2D eigenvalue weighted by Gasteiger charge is 2.08. The Morgan fingerprint density at radius 1 is 1.00 bits per heavy atom. The smallest absolute Gasteiger partial charge is 0.255 e. The van der Waals surface area contributed by atoms with Gasteiger partial charge in [0.25, 0.3) is 5.91 Å². The van der Waals surface area contributed by atoms with Gasteiger partial charge in [0, 0.05) is 48.0 Å². The first-order valence-electron chi connectivity index (χ1n) is 8.36. The largest absolute Gasteiger partial charge is 0.329 e. The molecular weight excluding hydrogens is 358 g/mol. The Labute approximate surface area is 160 Å². The fraction of sp³-hybridized carbons (Fsp3) is 0.0500. The molecule has 7 heteroatoms. The van der Waals surface area contributed by atoms with Gasteiger partial charge in [-0.1, -0.05) is 11.8 Å². The standard InChI is InChI=1S/C20H17N5OS/c1-24-14-12-21-20(24)27-18-9-5-16(6-10-18)23-19(26)15-3-7-17(8-4-15)25-13-2-11-22-25/h2-14H,1H3,(H,23,26). The number of rotatable bonds is 5. The van der Waals surface area contributed by atoms with E-state index < -0.39 is 0 Å². The SMILES string of the molecule is Cn1ccnc1Sc1ccc(NC(=O)c2ccc(-n3cccn3)cc2)cc1. The lowest BCUT2D eigenvalue weighted by molar-refractivity contribution is 0.102. The lowest BCUT2D eigenvalue weighted by Crippen LogP contribution is -2.11. The Morgan fingerprint density at radius 2 is 1.78 bits per heavy atom. The number of benzene rings is 2. The number of hydrogen-bond donors (Lipinski definition) is 1. The lowest BCUT2D eigenvalue weighted by atomic mass is 10.2. The first-order chi connectivity index (χ1) is 13.2. The minimum absolute atomic E-state index is 0.147. The highest BCUT2D eigenvalue weighted by molar-refractivity contribution is 7.99. The summed E-state index contributed by atoms with van der Waals surface area (Å²) in [6, 6.07) is 16.9. The molecule has 1 amide bonds. The van der Waals surface area contributed by atoms with Crippen LogP contribution in [0.5, 0.6) is 0 Å². The van der Waals surface area contributed by atoms with Gasteiger partial charge >= 0.3 is 0 Å². The van der Waals surface area contributed by atoms with Gasteiger partial charge in [0.2, 0.25) is 0 Å². The first kappa shape index (κ1) is 17.1. The van der Waals surface area contributed by atoms with E-state index >= 15 is 0 Å². The maximum absolute atomic E-state index is 12.4. The van der Waals surface area contributed by atoms with Gasteiger partial charge in [-0.2, -0.15) is 5.10 Å². The normalized spacial score (nSPS) is 10.7. The van der Waals surface area contributed by atoms with E-state index in [9.17, 15) is 4.79 Å². The number of carbonyl (C=O) groups excluding carboxylic acids is 1. The van der Waals surface area contributed by atoms with Crippen LogP contribution < -0.4 is 5.32 Å². The summed E-state index contributed by atoms with van der Waals surface area (Å²) in [6.07, 6.45) is 7.26. The van der Waals surface area contributed by atoms with Crippen LogP contribution in [0.3, 0.4) is 0 Å². The molecule has 0 aliphatic heterocycles. The molecule has 6 nitrogen and oxygen atoms in total. The van der Waals surface area contributed by atoms with E-state index in [2.05, 4.69) is 15.4 Å². The van der Waals surface area contributed by atoms with E-state index in [1.807, 2.05) is 66.5 Å². The van der Waals surface area contributed by atoms with Gasteiger partial charge in [0.15, 0.2) is 5.16 Å². The van der Waals surface area contributed by atoms with E-state index in [0.29, 0.717) is 5.56 Å². The second-order valence-corrected chi connectivity index (χ2v) is 6.94. The van der Waals surface area contributed by atoms with Gasteiger partial charge in [0.05, 0.1) is 5.69 Å². The highest BCUT2D eigenvalue weighted by Crippen LogP contribution is 2.26. The van der Waals surface area contributed by atoms with Crippen molar-refractivity contribution < 1.29 is 4.79 Å². The molecule has 2 aromatic carbocycles. The second-order valence-electron chi connectivity index (χ2n) is 5.90. The molecule has 0 bridgehead atoms. The lowest BCUT2D eigenvalue weighted by Gasteiger charge is -2.08. The molecule has 0 unspecified atom stereocenters. The molecule has 0 aliphatic carbocycles. The summed E-state index contributed by atoms with van der Waals surface area (Å²) in [6.45, 7) is 0. The quantitative estimate of drug-likeness (QED) is 0.572. The van der Waals surface area contributed by atoms with Crippen LogP contribution in [0.15, 0.2) is 89.4 Å². The van der Waals surface area contributed by atoms with Crippen molar-refractivity contribution in [3.05, 3.63) is 84.9 Å². The van der Waals surface area contributed by atoms with Crippen LogP contribution in [-0.4, -0.2) is 25.2 Å². The van der Waals surface area contributed by atoms with Crippen LogP contribution in [0.2, 0.25) is 0 Å². The topological polar surface area (TPSA) is 64.7 Å². The van der Waals surface area contributed by atoms with Crippen molar-refractivity contribution in [2.45, 2.75) is 10.1 Å². The number of hydrogen-bond acceptors (Lipinski definition) is 4. The van der Waals surface area contributed by atoms with Gasteiger partial charge in [-0.05, 0) is 54.6 Å². The van der Waals surface area contributed by atoms with Gasteiger partial charge < -0.3 is 9.88 Å². The van der Waals surface area contributed by atoms with Crippen LogP contribution >= 0.6 is 11.8 Å². The number of aromatic nitrogens is 4. The Balaban J connectivity index is 1.41. The van der Waals surface area contributed by atoms with Crippen LogP contribution in [-0.2, 0) is 7.05 Å². The number of imidazole rings is 1. The third kappa shape index (κ3) is 3.93. The summed E-state index contributed by atoms with van der Waals surface area (Å²) in [5.74, 6) is -0.147. The molecule has 0 fully saturated rings. The molecule has 27 heavy (non-hydrogen) atoms. The van der Waals surface area contributed by atoms with Crippen molar-refractivity contribution in [2.24, 2.45) is 7.05 Å². The number of carbonyl (C=O) groups is 1. The molecule has 134 valence electrons. The third-order valence-electron chi connectivity index (χ3n) is 4.00. The van der Waals surface area contributed by atoms with Crippen molar-refractivity contribution in [2.75, 3.05) is 5.32 Å². The molecule has 2 aromatic heterocycles. The fourth-order valence-electron chi connectivity index (χ4n) is 2.55. The van der Waals surface area contributed by atoms with E-state index in [1.54, 1.807) is 41.0 Å². The Morgan fingerprint density at radius 3 is 2.41 bits per heavy atom. The Kier molecular flexibility index (Phi) is 4.76. The van der Waals surface area contributed by atoms with Crippen molar-refractivity contribution in [3.63, 3.8) is 0 Å². The van der Waals surface area contributed by atoms with E-state index in [0.717, 1.165) is 21.4 Å². The summed E-state index contributed by atoms with van der Waals surface area (Å²) in [5.41, 5.74) is 2.25. The zero-order valence-electron chi connectivity index (χ0n) is 14.6. The van der Waals surface area contributed by atoms with Gasteiger partial charge in [-0.15, -0.1) is 0 Å². The fourth-order valence-corrected chi connectivity index (χ4v) is 3.35. The molecule has 0 atom stereocenters. The monoisotopic (exact) mass is 375 g/mol. The zero-order valence-corrected chi connectivity index (χ0v) is 15.4. The molecule has 0 aliphatic rings. The molecular formula is C20H17N5OS. The Bertz CT molecular complexity index is 1040. The van der Waals surface area contributed by atoms with E-state index in [4.69, 9.17) is 0 Å². The van der Waals surface area contributed by atoms with Crippen LogP contribution in [0.1, 0.15) is 10.4 Å². The molecule has 0 saturated carbocycles. The summed E-state index contributed by atoms with van der Waals surface area (Å²) >= 11 is 1.58. The van der Waals surface area contributed by atoms with Gasteiger partial charge in [-0.25, -0.2) is 9.67 Å². The van der Waals surface area contributed by atoms with Crippen molar-refractivity contribution in [1.82, 2.24) is 19.3 Å². The van der Waals surface area contributed by atoms with Crippen molar-refractivity contribution in [1.29, 1.82) is 0 Å². The number of nitrogens with one attached hydrogen (secondary N) is 1. The summed E-state index contributed by atoms with van der Waals surface area (Å²) in [4.78, 5) is 17.8. The average Bonchev–Trinajstić information content (AvgIpc) is 3.36. The van der Waals surface area contributed by atoms with Crippen molar-refractivity contribution >= 4 is 23.4 Å². The van der Waals surface area contributed by atoms with E-state index in [1.165, 1.54) is 0 Å². The summed E-state index contributed by atoms with van der Waals surface area (Å²) < 4.78 is 3.72. The van der Waals surface area contributed by atoms with E-state index in [-0.39, 0.29) is 5.91 Å². The number of nitrogens with zero attached hydrogens (tertiary/aromatic N) is 4. The summed E-state index contributed by atoms with van der Waals surface area (Å²) in [5, 5.41) is 8.02. The zero-order chi connectivity index (χ0) is 18.6. The molecule has 4 aromatic rings. The Hall–Kier alpha value is -3.32. The van der Waals surface area contributed by atoms with Gasteiger partial charge in [-0.3, -0.25) is 4.79 Å². The maximum Gasteiger partial charge on any atom is 0.255 e. The maximum atomic E-state index is 12.4. The second kappa shape index (κ2) is 7.51. The minimum atomic E-state index is -0.147. The van der Waals surface area contributed by atoms with Gasteiger partial charge in [0.1, 0.15) is 0 Å². The molecule has 2 heterocycles. The third-order valence-corrected chi connectivity index (χ3v) is 5.08. The predicted octanol–water partition coefficient (Wildman–Crippen LogP) is 4.01. The molecule has 1 N–H and O–H groups in total. The van der Waals surface area contributed by atoms with Crippen LogP contribution in [0, 0.1) is 0 Å². The number of aryl methyl sites for hydroxylation is 1. The first-order valence-corrected chi connectivity index (χ1v) is 9.17. The van der Waals surface area contributed by atoms with Crippen LogP contribution in [0.25, 0.3) is 5.69 Å². The molecule has 4 rings (SSSR count). The molecule has 0 radical (unpaired) electrons. The minimum Gasteiger partial charge on any atom is -0.329 e. The predicted molar refractivity (Wildman–Crippen MR) is 105 cm³/mol. The number of anilines is 1. The molecule has 0 spiro atoms. The summed E-state index contributed by atoms with van der Waals surface area (Å²) in [7, 11) is 1.96. The van der Waals surface area contributed by atoms with Crippen LogP contribution in [0.4, 0.5) is 5.69 Å². The average molecular weight is 375 g/mol. The highest BCUT2D eigenvalue weighted by atomic mass is 32.2.